The third-order valence-corrected chi connectivity index (χ3v) is 3.83. The number of nitro groups is 1. The highest BCUT2D eigenvalue weighted by Crippen LogP contribution is 2.36. The molecule has 1 atom stereocenters. The van der Waals surface area contributed by atoms with Gasteiger partial charge in [-0.3, -0.25) is 19.7 Å². The summed E-state index contributed by atoms with van der Waals surface area (Å²) in [5.74, 6) is -2.74. The van der Waals surface area contributed by atoms with Crippen LogP contribution in [0, 0.1) is 15.9 Å². The van der Waals surface area contributed by atoms with Gasteiger partial charge in [-0.1, -0.05) is 6.92 Å². The first-order chi connectivity index (χ1) is 10.8. The fourth-order valence-electron chi connectivity index (χ4n) is 2.74. The van der Waals surface area contributed by atoms with Gasteiger partial charge < -0.3 is 5.11 Å². The number of carbonyl (C=O) groups excluding carboxylic acids is 2. The minimum atomic E-state index is -0.722. The summed E-state index contributed by atoms with van der Waals surface area (Å²) in [7, 11) is 0. The van der Waals surface area contributed by atoms with Crippen molar-refractivity contribution >= 4 is 17.3 Å². The van der Waals surface area contributed by atoms with Crippen LogP contribution in [0.5, 0.6) is 0 Å². The van der Waals surface area contributed by atoms with Crippen LogP contribution in [0.2, 0.25) is 0 Å². The molecule has 0 spiro atoms. The van der Waals surface area contributed by atoms with Gasteiger partial charge in [0.15, 0.2) is 11.6 Å². The maximum Gasteiger partial charge on any atom is 0.269 e. The molecule has 0 heterocycles. The smallest absolute Gasteiger partial charge is 0.269 e. The first kappa shape index (κ1) is 16.8. The second-order valence-electron chi connectivity index (χ2n) is 5.49. The fourth-order valence-corrected chi connectivity index (χ4v) is 2.74. The number of hydrogen-bond acceptors (Lipinski definition) is 5. The number of Topliss-reactive ketones (excluding diaryl/α,β-unsaturated/α-hetero) is 2. The molecular weight excluding hydrogens is 305 g/mol. The normalized spacial score (nSPS) is 18.2. The standard InChI is InChI=1S/C16H16FNO5/c1-2-3-13(19)16-14(20)6-9(7-15(16)21)11-8-10(18(22)23)4-5-12(11)17/h4-5,8-9,20H,2-3,6-7H2,1H3. The van der Waals surface area contributed by atoms with E-state index in [1.165, 1.54) is 0 Å². The Morgan fingerprint density at radius 2 is 2.13 bits per heavy atom. The van der Waals surface area contributed by atoms with Crippen molar-refractivity contribution < 1.29 is 24.0 Å². The summed E-state index contributed by atoms with van der Waals surface area (Å²) >= 11 is 0. The monoisotopic (exact) mass is 321 g/mol. The molecule has 2 rings (SSSR count). The van der Waals surface area contributed by atoms with Crippen LogP contribution < -0.4 is 0 Å². The Morgan fingerprint density at radius 1 is 1.43 bits per heavy atom. The molecule has 0 bridgehead atoms. The van der Waals surface area contributed by atoms with Gasteiger partial charge >= 0.3 is 0 Å². The third-order valence-electron chi connectivity index (χ3n) is 3.83. The lowest BCUT2D eigenvalue weighted by molar-refractivity contribution is -0.385. The lowest BCUT2D eigenvalue weighted by Crippen LogP contribution is -2.24. The lowest BCUT2D eigenvalue weighted by Gasteiger charge is -2.23. The molecule has 1 aliphatic rings. The van der Waals surface area contributed by atoms with E-state index >= 15 is 0 Å². The molecule has 1 aliphatic carbocycles. The summed E-state index contributed by atoms with van der Waals surface area (Å²) in [6, 6.07) is 3.07. The Bertz CT molecular complexity index is 710. The molecule has 6 nitrogen and oxygen atoms in total. The average Bonchev–Trinajstić information content (AvgIpc) is 2.46. The lowest BCUT2D eigenvalue weighted by atomic mass is 9.80. The predicted octanol–water partition coefficient (Wildman–Crippen LogP) is 3.36. The second kappa shape index (κ2) is 6.68. The van der Waals surface area contributed by atoms with Gasteiger partial charge in [0.2, 0.25) is 0 Å². The zero-order valence-corrected chi connectivity index (χ0v) is 12.5. The predicted molar refractivity (Wildman–Crippen MR) is 79.6 cm³/mol. The summed E-state index contributed by atoms with van der Waals surface area (Å²) in [6.45, 7) is 1.78. The van der Waals surface area contributed by atoms with Gasteiger partial charge in [-0.25, -0.2) is 4.39 Å². The van der Waals surface area contributed by atoms with Crippen molar-refractivity contribution in [3.63, 3.8) is 0 Å². The molecule has 23 heavy (non-hydrogen) atoms. The quantitative estimate of drug-likeness (QED) is 0.509. The number of hydrogen-bond donors (Lipinski definition) is 1. The number of allylic oxidation sites excluding steroid dienone is 2. The van der Waals surface area contributed by atoms with Crippen LogP contribution in [0.25, 0.3) is 0 Å². The number of rotatable bonds is 5. The van der Waals surface area contributed by atoms with E-state index in [4.69, 9.17) is 0 Å². The highest BCUT2D eigenvalue weighted by atomic mass is 19.1. The zero-order chi connectivity index (χ0) is 17.1. The van der Waals surface area contributed by atoms with Crippen molar-refractivity contribution in [2.24, 2.45) is 0 Å². The van der Waals surface area contributed by atoms with Crippen molar-refractivity contribution in [3.8, 4) is 0 Å². The molecule has 0 saturated heterocycles. The summed E-state index contributed by atoms with van der Waals surface area (Å²) < 4.78 is 13.9. The number of nitrogens with zero attached hydrogens (tertiary/aromatic N) is 1. The largest absolute Gasteiger partial charge is 0.511 e. The van der Waals surface area contributed by atoms with Crippen LogP contribution in [-0.2, 0) is 9.59 Å². The number of halogens is 1. The molecule has 7 heteroatoms. The minimum Gasteiger partial charge on any atom is -0.511 e. The summed E-state index contributed by atoms with van der Waals surface area (Å²) in [5.41, 5.74) is -0.500. The fraction of sp³-hybridized carbons (Fsp3) is 0.375. The number of ketones is 2. The highest BCUT2D eigenvalue weighted by molar-refractivity contribution is 6.21. The van der Waals surface area contributed by atoms with Gasteiger partial charge in [-0.05, 0) is 18.1 Å². The molecule has 0 radical (unpaired) electrons. The molecule has 1 N–H and O–H groups in total. The van der Waals surface area contributed by atoms with E-state index in [1.54, 1.807) is 6.92 Å². The maximum atomic E-state index is 13.9. The van der Waals surface area contributed by atoms with Gasteiger partial charge in [0.1, 0.15) is 11.6 Å². The number of aliphatic hydroxyl groups excluding tert-OH is 1. The van der Waals surface area contributed by atoms with Crippen molar-refractivity contribution in [1.82, 2.24) is 0 Å². The molecule has 0 aromatic heterocycles. The Morgan fingerprint density at radius 3 is 2.70 bits per heavy atom. The van der Waals surface area contributed by atoms with Crippen molar-refractivity contribution in [2.75, 3.05) is 0 Å². The second-order valence-corrected chi connectivity index (χ2v) is 5.49. The van der Waals surface area contributed by atoms with Crippen LogP contribution in [0.15, 0.2) is 29.5 Å². The highest BCUT2D eigenvalue weighted by Gasteiger charge is 2.33. The number of nitro benzene ring substituents is 1. The van der Waals surface area contributed by atoms with Gasteiger partial charge in [0.25, 0.3) is 5.69 Å². The van der Waals surface area contributed by atoms with E-state index in [9.17, 15) is 29.2 Å². The van der Waals surface area contributed by atoms with E-state index in [2.05, 4.69) is 0 Å². The van der Waals surface area contributed by atoms with Crippen molar-refractivity contribution in [3.05, 3.63) is 51.0 Å². The summed E-state index contributed by atoms with van der Waals surface area (Å²) in [6.07, 6.45) is 0.453. The van der Waals surface area contributed by atoms with Gasteiger partial charge in [0, 0.05) is 37.3 Å². The molecule has 1 unspecified atom stereocenters. The molecule has 1 aromatic carbocycles. The third kappa shape index (κ3) is 3.44. The molecule has 0 saturated carbocycles. The Balaban J connectivity index is 2.35. The van der Waals surface area contributed by atoms with Crippen LogP contribution in [-0.4, -0.2) is 21.6 Å². The topological polar surface area (TPSA) is 97.5 Å². The van der Waals surface area contributed by atoms with Gasteiger partial charge in [0.05, 0.1) is 10.5 Å². The Hall–Kier alpha value is -2.57. The van der Waals surface area contributed by atoms with Crippen LogP contribution in [0.4, 0.5) is 10.1 Å². The molecule has 1 aromatic rings. The first-order valence-electron chi connectivity index (χ1n) is 7.27. The molecule has 0 aliphatic heterocycles. The van der Waals surface area contributed by atoms with E-state index in [-0.39, 0.29) is 41.8 Å². The number of benzene rings is 1. The van der Waals surface area contributed by atoms with Crippen molar-refractivity contribution in [1.29, 1.82) is 0 Å². The van der Waals surface area contributed by atoms with Crippen LogP contribution in [0.3, 0.4) is 0 Å². The number of non-ortho nitro benzene ring substituents is 1. The molecular formula is C16H16FNO5. The number of aliphatic hydroxyl groups is 1. The van der Waals surface area contributed by atoms with E-state index < -0.39 is 28.2 Å². The first-order valence-corrected chi connectivity index (χ1v) is 7.27. The Kier molecular flexibility index (Phi) is 4.88. The molecule has 0 amide bonds. The van der Waals surface area contributed by atoms with Crippen LogP contribution in [0.1, 0.15) is 44.1 Å². The maximum absolute atomic E-state index is 13.9. The minimum absolute atomic E-state index is 0.00101. The van der Waals surface area contributed by atoms with E-state index in [0.717, 1.165) is 18.2 Å². The van der Waals surface area contributed by atoms with Crippen LogP contribution >= 0.6 is 0 Å². The summed E-state index contributed by atoms with van der Waals surface area (Å²) in [4.78, 5) is 34.2. The summed E-state index contributed by atoms with van der Waals surface area (Å²) in [5, 5.41) is 20.8. The van der Waals surface area contributed by atoms with Gasteiger partial charge in [-0.2, -0.15) is 0 Å². The van der Waals surface area contributed by atoms with E-state index in [1.807, 2.05) is 0 Å². The zero-order valence-electron chi connectivity index (χ0n) is 12.5. The Labute approximate surface area is 131 Å². The van der Waals surface area contributed by atoms with Crippen molar-refractivity contribution in [2.45, 2.75) is 38.5 Å². The van der Waals surface area contributed by atoms with Gasteiger partial charge in [-0.15, -0.1) is 0 Å². The van der Waals surface area contributed by atoms with E-state index in [0.29, 0.717) is 6.42 Å². The molecule has 0 fully saturated rings. The SMILES string of the molecule is CCCC(=O)C1=C(O)CC(c2cc([N+](=O)[O-])ccc2F)CC1=O. The number of carbonyl (C=O) groups is 2. The molecule has 122 valence electrons. The average molecular weight is 321 g/mol.